The number of benzene rings is 14. The average Bonchev–Trinajstić information content (AvgIpc) is 1.60. The van der Waals surface area contributed by atoms with Crippen LogP contribution >= 0.6 is 70.8 Å². The third-order valence-electron chi connectivity index (χ3n) is 24.3. The number of pyridine rings is 2. The molecule has 3 fully saturated rings. The molecule has 4 radical (unpaired) electrons. The van der Waals surface area contributed by atoms with Crippen molar-refractivity contribution < 1.29 is 128 Å². The molecule has 0 aliphatic carbocycles. The maximum absolute atomic E-state index is 11.4. The van der Waals surface area contributed by atoms with Crippen LogP contribution in [0.25, 0.3) is 33.2 Å². The number of aromatic nitrogens is 4. The van der Waals surface area contributed by atoms with Crippen molar-refractivity contribution in [2.75, 3.05) is 26.2 Å². The van der Waals surface area contributed by atoms with Gasteiger partial charge in [0.15, 0.2) is 0 Å². The molecule has 0 saturated carbocycles. The van der Waals surface area contributed by atoms with Gasteiger partial charge in [0, 0.05) is 209 Å². The number of halogens is 3. The van der Waals surface area contributed by atoms with Gasteiger partial charge in [0.05, 0.1) is 27.5 Å². The maximum Gasteiger partial charge on any atom is 0.488 e. The molecule has 4 amide bonds. The first-order valence-electron chi connectivity index (χ1n) is 46.7. The number of likely N-dealkylation sites (tertiary alicyclic amines) is 2. The first kappa shape index (κ1) is 128. The van der Waals surface area contributed by atoms with Crippen molar-refractivity contribution in [3.05, 3.63) is 481 Å². The van der Waals surface area contributed by atoms with E-state index in [1.165, 1.54) is 87.9 Å². The van der Waals surface area contributed by atoms with E-state index in [0.29, 0.717) is 48.1 Å². The van der Waals surface area contributed by atoms with Crippen molar-refractivity contribution in [3.8, 4) is 11.4 Å². The largest absolute Gasteiger partial charge is 0.509 e. The van der Waals surface area contributed by atoms with Crippen molar-refractivity contribution in [3.63, 3.8) is 0 Å². The van der Waals surface area contributed by atoms with Gasteiger partial charge in [-0.15, -0.1) is 10.9 Å². The zero-order valence-corrected chi connectivity index (χ0v) is 104. The number of piperidine rings is 2. The molecule has 3 saturated heterocycles. The Balaban J connectivity index is 0.000000234. The summed E-state index contributed by atoms with van der Waals surface area (Å²) in [5.41, 5.74) is 17.0. The molecule has 32 heteroatoms. The first-order chi connectivity index (χ1) is 69.8. The van der Waals surface area contributed by atoms with Crippen LogP contribution in [0.4, 0.5) is 9.59 Å². The summed E-state index contributed by atoms with van der Waals surface area (Å²) in [6.45, 7) is 11.5. The number of amides is 4. The molecular formula is C117H111B2BrCl2N8Na2O9P4PdW3-2. The van der Waals surface area contributed by atoms with Crippen LogP contribution in [0.15, 0.2) is 454 Å². The van der Waals surface area contributed by atoms with Gasteiger partial charge in [-0.05, 0) is 225 Å². The molecule has 0 bridgehead atoms. The quantitative estimate of drug-likeness (QED) is 0.0189. The second kappa shape index (κ2) is 67.6. The van der Waals surface area contributed by atoms with E-state index in [4.69, 9.17) is 64.1 Å². The topological polar surface area (TPSA) is 234 Å². The van der Waals surface area contributed by atoms with Crippen molar-refractivity contribution in [1.29, 1.82) is 0 Å². The van der Waals surface area contributed by atoms with Crippen molar-refractivity contribution in [2.45, 2.75) is 76.4 Å². The van der Waals surface area contributed by atoms with Gasteiger partial charge >= 0.3 is 27.4 Å². The number of rotatable bonds is 17. The van der Waals surface area contributed by atoms with Crippen molar-refractivity contribution >= 4 is 249 Å². The van der Waals surface area contributed by atoms with E-state index in [0.717, 1.165) is 64.6 Å². The van der Waals surface area contributed by atoms with Gasteiger partial charge in [-0.2, -0.15) is 0 Å². The maximum atomic E-state index is 11.4. The monoisotopic (exact) mass is 2770 g/mol. The van der Waals surface area contributed by atoms with Crippen LogP contribution in [0, 0.1) is 6.20 Å². The minimum atomic E-state index is -0.446. The number of carbonyl (C=O) groups is 2. The number of hydrogen-bond donors (Lipinski definition) is 5. The van der Waals surface area contributed by atoms with Gasteiger partial charge in [0.1, 0.15) is 0 Å². The number of fused-ring (bicyclic) bond motifs is 2. The average molecular weight is 2770 g/mol. The van der Waals surface area contributed by atoms with E-state index in [9.17, 15) is 9.59 Å². The van der Waals surface area contributed by atoms with E-state index >= 15 is 0 Å². The molecule has 0 unspecified atom stereocenters. The Morgan fingerprint density at radius 3 is 0.859 bits per heavy atom. The van der Waals surface area contributed by atoms with Crippen molar-refractivity contribution in [1.82, 2.24) is 28.9 Å². The van der Waals surface area contributed by atoms with Gasteiger partial charge in [-0.25, -0.2) is 14.8 Å². The van der Waals surface area contributed by atoms with E-state index in [1.807, 2.05) is 112 Å². The number of hydrogen-bond acceptors (Lipinski definition) is 11. The fourth-order valence-corrected chi connectivity index (χ4v) is 26.9. The summed E-state index contributed by atoms with van der Waals surface area (Å²) in [5, 5.41) is 41.5. The molecule has 752 valence electrons. The van der Waals surface area contributed by atoms with E-state index in [2.05, 4.69) is 412 Å². The summed E-state index contributed by atoms with van der Waals surface area (Å²) < 4.78 is 15.6. The third kappa shape index (κ3) is 37.1. The number of nitrogens with zero attached hydrogens (tertiary/aromatic N) is 6. The predicted molar refractivity (Wildman–Crippen MR) is 613 cm³/mol. The number of carbonyl (C=O) groups excluding carboxylic acids is 3. The molecular weight excluding hydrogens is 2660 g/mol. The van der Waals surface area contributed by atoms with Gasteiger partial charge in [0.2, 0.25) is 0 Å². The minimum Gasteiger partial charge on any atom is -0.509 e. The fourth-order valence-electron chi connectivity index (χ4n) is 16.5. The minimum absolute atomic E-state index is 0. The van der Waals surface area contributed by atoms with Crippen LogP contribution in [0.2, 0.25) is 10.0 Å². The fraction of sp³-hybridized carbons (Fsp3) is 0.137. The van der Waals surface area contributed by atoms with Crippen LogP contribution in [0.5, 0.6) is 0 Å². The Morgan fingerprint density at radius 1 is 0.403 bits per heavy atom. The predicted octanol–water partition coefficient (Wildman–Crippen LogP) is 20.6. The molecule has 3 aliphatic rings. The second-order valence-corrected chi connectivity index (χ2v) is 44.4. The van der Waals surface area contributed by atoms with Gasteiger partial charge in [-0.3, -0.25) is 9.97 Å². The standard InChI is InChI=1S/C19H18BrClN4O.C19H18ClN4O.4C18H15P.C6H12BO2.CHO3.BH2O2.2Na.Pd.3W/c20-18-17(12-6-9-24(10-7-12)19(22)26)15-5-8-23-11-16(15)25(18)14-3-1-13(21)2-4-14;20-14-1-3-15(4-2-14)24-12-17(16-5-8-22-11-18(16)24)13-6-9-23(10-7-13)19(21)25;4*1-4-10-16(11-5-1)19(17-12-6-2-7-13-17)18-14-8-3-9-15-18;1-5(2)6(3,4)9-7-8-5;2-1-4-3;2-1-3;;;;;;/h1-5,8,11-12H,6-7,9-10H2,(H2,22,26);1-5,8,11,13H,6-7,9-10H2,(H2,21,25);4*1-15H;1-4H3;3H;2-3H;;;;;;/q;-1;;;;;;-1;;;;;;;. The van der Waals surface area contributed by atoms with Crippen LogP contribution < -0.4 is 75.1 Å². The molecule has 149 heavy (non-hydrogen) atoms. The van der Waals surface area contributed by atoms with Gasteiger partial charge < -0.3 is 59.4 Å². The van der Waals surface area contributed by atoms with Crippen LogP contribution in [-0.4, -0.2) is 175 Å². The Morgan fingerprint density at radius 2 is 0.631 bits per heavy atom. The summed E-state index contributed by atoms with van der Waals surface area (Å²) >= 11 is 15.9. The molecule has 0 spiro atoms. The summed E-state index contributed by atoms with van der Waals surface area (Å²) in [6.07, 6.45) is 14.5. The normalized spacial score (nSPS) is 12.8. The molecule has 14 aromatic carbocycles. The zero-order chi connectivity index (χ0) is 101. The molecule has 3 aliphatic heterocycles. The van der Waals surface area contributed by atoms with E-state index < -0.39 is 31.7 Å². The molecule has 4 aromatic heterocycles. The molecule has 18 aromatic rings. The molecule has 7 heterocycles. The van der Waals surface area contributed by atoms with Crippen molar-refractivity contribution in [2.24, 2.45) is 11.5 Å². The Hall–Kier alpha value is -8.09. The third-order valence-corrected chi connectivity index (χ3v) is 35.3. The summed E-state index contributed by atoms with van der Waals surface area (Å²) in [5.74, 6) is 0.715. The summed E-state index contributed by atoms with van der Waals surface area (Å²) in [7, 11) is -0.367. The Labute approximate surface area is 1000 Å². The molecule has 7 N–H and O–H groups in total. The summed E-state index contributed by atoms with van der Waals surface area (Å²) in [6, 6.07) is 148. The first-order valence-corrected chi connectivity index (χ1v) is 53.6. The van der Waals surface area contributed by atoms with Crippen LogP contribution in [-0.2, 0) is 103 Å². The van der Waals surface area contributed by atoms with E-state index in [1.54, 1.807) is 9.80 Å². The van der Waals surface area contributed by atoms with E-state index in [-0.39, 0.29) is 174 Å². The Bertz CT molecular complexity index is 6010. The van der Waals surface area contributed by atoms with Gasteiger partial charge in [0.25, 0.3) is 0 Å². The zero-order valence-electron chi connectivity index (χ0n) is 83.3. The number of nitrogens with two attached hydrogens (primary N) is 2. The van der Waals surface area contributed by atoms with Crippen LogP contribution in [0.3, 0.4) is 0 Å². The van der Waals surface area contributed by atoms with Crippen LogP contribution in [0.1, 0.15) is 76.3 Å². The smallest absolute Gasteiger partial charge is 0.488 e. The Kier molecular flexibility index (Phi) is 57.9. The summed E-state index contributed by atoms with van der Waals surface area (Å²) in [4.78, 5) is 46.1. The number of urea groups is 2. The van der Waals surface area contributed by atoms with Gasteiger partial charge in [-0.1, -0.05) is 429 Å². The number of primary amides is 2. The molecule has 17 nitrogen and oxygen atoms in total. The second-order valence-electron chi connectivity index (χ2n) is 33.8. The SMILES string of the molecule is CC1(C)O[B]OC1(C)C.NC(=O)N1CCC(c2[c-]n(-c3ccc(Cl)cc3)c3cnccc23)CC1.NC(=O)N1CCC(c2c(Br)n(-c3ccc(Cl)cc3)c3cnccc23)CC1.O=[C-]OO.O[B]O.[Na].[Na].[Pd].[W].[W].[W].c1ccc(P(c2ccccc2)c2ccccc2)cc1.c1ccc(P(c2ccccc2)c2ccccc2)cc1.c1ccc(P(c2ccccc2)c2ccccc2)cc1.c1ccc(P(c2ccccc2)c2ccccc2)cc1. The molecule has 0 atom stereocenters. The molecule has 21 rings (SSSR count).